The lowest BCUT2D eigenvalue weighted by molar-refractivity contribution is 0.542. The molecule has 1 atom stereocenters. The molecule has 2 aliphatic carbocycles. The number of halogens is 4. The third kappa shape index (κ3) is 9.15. The van der Waals surface area contributed by atoms with Gasteiger partial charge in [-0.05, 0) is 119 Å². The van der Waals surface area contributed by atoms with Crippen LogP contribution in [0.2, 0.25) is 0 Å². The smallest absolute Gasteiger partial charge is 0.255 e. The molecule has 0 aliphatic heterocycles. The molecule has 288 valence electrons. The average molecular weight is 936 g/mol. The van der Waals surface area contributed by atoms with E-state index in [4.69, 9.17) is 5.92 Å². The molecule has 1 aromatic heterocycles. The van der Waals surface area contributed by atoms with Gasteiger partial charge in [-0.25, -0.2) is 4.21 Å². The summed E-state index contributed by atoms with van der Waals surface area (Å²) in [5.41, 5.74) is 9.28. The van der Waals surface area contributed by atoms with Gasteiger partial charge in [-0.1, -0.05) is 121 Å². The number of hydrogen-bond donors (Lipinski definition) is 1. The molecule has 0 saturated heterocycles. The summed E-state index contributed by atoms with van der Waals surface area (Å²) < 4.78 is 51.0. The molecule has 0 amide bonds. The number of aromatic nitrogens is 1. The minimum Gasteiger partial charge on any atom is -0.308 e. The van der Waals surface area contributed by atoms with Crippen LogP contribution in [0.3, 0.4) is 0 Å². The highest BCUT2D eigenvalue weighted by atomic mass is 79.9. The van der Waals surface area contributed by atoms with Crippen LogP contribution in [-0.2, 0) is 21.0 Å². The summed E-state index contributed by atoms with van der Waals surface area (Å²) >= 11 is 10.6. The van der Waals surface area contributed by atoms with Crippen LogP contribution in [0.1, 0.15) is 12.5 Å². The molecular formula is C48H34Br2F2NO3S2+. The molecule has 7 aromatic carbocycles. The highest BCUT2D eigenvalue weighted by Crippen LogP contribution is 2.41. The van der Waals surface area contributed by atoms with Crippen LogP contribution >= 0.6 is 44.1 Å². The molecule has 0 bridgehead atoms. The first kappa shape index (κ1) is 40.8. The van der Waals surface area contributed by atoms with Crippen molar-refractivity contribution in [3.63, 3.8) is 0 Å². The zero-order valence-electron chi connectivity index (χ0n) is 31.6. The van der Waals surface area contributed by atoms with Crippen LogP contribution in [0.15, 0.2) is 179 Å². The van der Waals surface area contributed by atoms with Crippen molar-refractivity contribution in [2.24, 2.45) is 0 Å². The van der Waals surface area contributed by atoms with Crippen LogP contribution in [-0.4, -0.2) is 30.4 Å². The second-order valence-electron chi connectivity index (χ2n) is 12.7. The molecule has 0 saturated carbocycles. The molecule has 1 heterocycles. The normalized spacial score (nSPS) is 13.1. The minimum atomic E-state index is -3.52. The first-order valence-electron chi connectivity index (χ1n) is 18.4. The lowest BCUT2D eigenvalue weighted by atomic mass is 9.98. The number of allylic oxidation sites excluding steroid dienone is 6. The Bertz CT molecular complexity index is 3050. The first-order valence-corrected chi connectivity index (χ1v) is 21.2. The lowest BCUT2D eigenvalue weighted by Crippen LogP contribution is -1.96. The molecule has 0 fully saturated rings. The van der Waals surface area contributed by atoms with E-state index in [1.807, 2.05) is 0 Å². The largest absolute Gasteiger partial charge is 0.308 e. The van der Waals surface area contributed by atoms with E-state index in [1.54, 1.807) is 12.2 Å². The van der Waals surface area contributed by atoms with Gasteiger partial charge in [-0.3, -0.25) is 9.18 Å². The minimum absolute atomic E-state index is 0.139. The maximum Gasteiger partial charge on any atom is 0.255 e. The fourth-order valence-corrected chi connectivity index (χ4v) is 7.84. The van der Waals surface area contributed by atoms with Crippen molar-refractivity contribution in [3.05, 3.63) is 196 Å². The van der Waals surface area contributed by atoms with E-state index < -0.39 is 17.0 Å². The fourth-order valence-electron chi connectivity index (χ4n) is 6.95. The Kier molecular flexibility index (Phi) is 13.6. The van der Waals surface area contributed by atoms with E-state index in [2.05, 4.69) is 200 Å². The van der Waals surface area contributed by atoms with Gasteiger partial charge < -0.3 is 9.12 Å². The Morgan fingerprint density at radius 3 is 2.05 bits per heavy atom. The average Bonchev–Trinajstić information content (AvgIpc) is 3.82. The third-order valence-corrected chi connectivity index (χ3v) is 11.8. The van der Waals surface area contributed by atoms with Gasteiger partial charge in [-0.15, -0.1) is 4.39 Å². The summed E-state index contributed by atoms with van der Waals surface area (Å²) in [7, 11) is -4.52. The Labute approximate surface area is 359 Å². The van der Waals surface area contributed by atoms with E-state index in [-0.39, 0.29) is 11.4 Å². The summed E-state index contributed by atoms with van der Waals surface area (Å²) in [6.07, 6.45) is 8.34. The summed E-state index contributed by atoms with van der Waals surface area (Å²) in [5, 5.41) is 7.91. The summed E-state index contributed by atoms with van der Waals surface area (Å²) in [4.78, 5) is 9.40. The first-order chi connectivity index (χ1) is 28.6. The Hall–Kier alpha value is -5.41. The second kappa shape index (κ2) is 19.4. The standard InChI is InChI=1S/C22H14BrN.C17H12.C6H3BrF.C2H2O3S2.CH3F/c23-18-10-4-6-12-20(18)24-19-11-5-3-9-17(19)22-16-8-2-1-7-15(16)13-14-21(22)24;1-3-7-15-12(5-1)9-10-14-11-13-6-2-4-8-16(13)17(14)15;7-5-3-1-2-4-6(5)8;3-1-7(4,5)2-6;1-2/h1-14H;1-10H,11H2;1-2,4H;1H,(H,4,5);1H3/q;;+1;;/i;;;;1D. The highest BCUT2D eigenvalue weighted by molar-refractivity contribution is 9.12. The van der Waals surface area contributed by atoms with Crippen molar-refractivity contribution in [1.29, 1.82) is 0 Å². The predicted octanol–water partition coefficient (Wildman–Crippen LogP) is 14.0. The maximum atomic E-state index is 12.2. The summed E-state index contributed by atoms with van der Waals surface area (Å²) in [6, 6.07) is 52.0. The molecule has 4 nitrogen and oxygen atoms in total. The van der Waals surface area contributed by atoms with E-state index in [0.29, 0.717) is 4.48 Å². The van der Waals surface area contributed by atoms with Gasteiger partial charge in [0.25, 0.3) is 5.83 Å². The Morgan fingerprint density at radius 2 is 1.40 bits per heavy atom. The molecule has 1 N–H and O–H groups in total. The van der Waals surface area contributed by atoms with Gasteiger partial charge in [0.15, 0.2) is 9.80 Å². The van der Waals surface area contributed by atoms with Crippen LogP contribution < -0.4 is 0 Å². The molecule has 0 spiro atoms. The molecule has 58 heavy (non-hydrogen) atoms. The van der Waals surface area contributed by atoms with Gasteiger partial charge in [0.1, 0.15) is 6.08 Å². The van der Waals surface area contributed by atoms with E-state index in [9.17, 15) is 17.8 Å². The molecule has 1 unspecified atom stereocenters. The van der Waals surface area contributed by atoms with Gasteiger partial charge >= 0.3 is 0 Å². The zero-order valence-corrected chi connectivity index (χ0v) is 35.4. The number of alkyl halides is 1. The van der Waals surface area contributed by atoms with Crippen molar-refractivity contribution in [1.82, 2.24) is 4.57 Å². The zero-order chi connectivity index (χ0) is 41.9. The van der Waals surface area contributed by atoms with Crippen molar-refractivity contribution < 1.29 is 23.7 Å². The van der Waals surface area contributed by atoms with Crippen molar-refractivity contribution in [2.75, 3.05) is 7.15 Å². The molecular weight excluding hydrogens is 900 g/mol. The van der Waals surface area contributed by atoms with Gasteiger partial charge in [0.05, 0.1) is 43.5 Å². The molecule has 0 radical (unpaired) electrons. The summed E-state index contributed by atoms with van der Waals surface area (Å²) in [6.45, 7) is 0. The molecule has 10 rings (SSSR count). The topological polar surface area (TPSA) is 59.3 Å². The number of nitrogens with zero attached hydrogens (tertiary/aromatic N) is 1. The van der Waals surface area contributed by atoms with Crippen LogP contribution in [0.4, 0.5) is 8.78 Å². The number of fused-ring (bicyclic) bond motifs is 10. The molecule has 2 aliphatic rings. The quantitative estimate of drug-likeness (QED) is 0.107. The van der Waals surface area contributed by atoms with Crippen molar-refractivity contribution in [3.8, 4) is 16.8 Å². The lowest BCUT2D eigenvalue weighted by Gasteiger charge is -2.10. The van der Waals surface area contributed by atoms with Crippen LogP contribution in [0.25, 0.3) is 60.2 Å². The predicted molar refractivity (Wildman–Crippen MR) is 249 cm³/mol. The van der Waals surface area contributed by atoms with E-state index in [1.165, 1.54) is 81.7 Å². The van der Waals surface area contributed by atoms with Crippen molar-refractivity contribution >= 4 is 107 Å². The Morgan fingerprint density at radius 1 is 0.793 bits per heavy atom. The van der Waals surface area contributed by atoms with Gasteiger partial charge in [0.2, 0.25) is 10.1 Å². The third-order valence-electron chi connectivity index (χ3n) is 9.35. The summed E-state index contributed by atoms with van der Waals surface area (Å²) in [5.74, 6) is -0.271. The number of benzene rings is 7. The number of carbonyl (C=O) groups excluding carboxylic acids is 1. The second-order valence-corrected chi connectivity index (χ2v) is 16.4. The molecule has 8 aromatic rings. The molecule has 10 heteroatoms. The highest BCUT2D eigenvalue weighted by Gasteiger charge is 2.20. The Balaban J connectivity index is 0.000000145. The number of carbonyl (C=O) groups is 1. The van der Waals surface area contributed by atoms with E-state index >= 15 is 0 Å². The number of para-hydroxylation sites is 2. The maximum absolute atomic E-state index is 12.2. The SMILES string of the molecule is Brc1ccccc1-n1c2ccccc2c2c3ccccc3ccc21.FC1=CC=C[C+]=C1Br.O=CS(=O)(O)=C=S.[2H]CF.c1ccc2c(c1)Cc1ccc3ccccc3c1-2. The van der Waals surface area contributed by atoms with E-state index in [0.717, 1.165) is 10.9 Å². The number of hydrogen-bond acceptors (Lipinski definition) is 3. The van der Waals surface area contributed by atoms with Crippen LogP contribution in [0.5, 0.6) is 0 Å². The van der Waals surface area contributed by atoms with Gasteiger partial charge in [0, 0.05) is 19.6 Å². The number of thiocarbonyl (C=S) groups is 1. The van der Waals surface area contributed by atoms with Crippen LogP contribution in [0, 0.1) is 6.08 Å². The fraction of sp³-hybridized carbons (Fsp3) is 0.0417. The van der Waals surface area contributed by atoms with Crippen molar-refractivity contribution in [2.45, 2.75) is 6.42 Å². The monoisotopic (exact) mass is 933 g/mol. The van der Waals surface area contributed by atoms with Gasteiger partial charge in [-0.2, -0.15) is 0 Å². The number of rotatable bonds is 2.